The van der Waals surface area contributed by atoms with Crippen molar-refractivity contribution < 1.29 is 4.79 Å². The standard InChI is InChI=1S/C20H31BrN4O/c1-15-13-16(3-4-18(15)21)14-19(22)20(26)25-11-9-24(10-12-25)17-5-7-23(2)8-6-17/h3-4,13,17,19H,5-12,14,22H2,1-2H3. The molecule has 1 aromatic rings. The fraction of sp³-hybridized carbons (Fsp3) is 0.650. The predicted octanol–water partition coefficient (Wildman–Crippen LogP) is 1.87. The van der Waals surface area contributed by atoms with Crippen LogP contribution in [0.25, 0.3) is 0 Å². The highest BCUT2D eigenvalue weighted by molar-refractivity contribution is 9.10. The Hall–Kier alpha value is -0.950. The van der Waals surface area contributed by atoms with E-state index in [-0.39, 0.29) is 5.91 Å². The number of hydrogen-bond acceptors (Lipinski definition) is 4. The van der Waals surface area contributed by atoms with Gasteiger partial charge in [-0.05, 0) is 63.5 Å². The zero-order chi connectivity index (χ0) is 18.7. The summed E-state index contributed by atoms with van der Waals surface area (Å²) in [6.07, 6.45) is 3.09. The number of hydrogen-bond donors (Lipinski definition) is 1. The molecule has 0 bridgehead atoms. The lowest BCUT2D eigenvalue weighted by Gasteiger charge is -2.42. The molecule has 2 aliphatic heterocycles. The Balaban J connectivity index is 1.48. The van der Waals surface area contributed by atoms with E-state index in [0.717, 1.165) is 36.2 Å². The van der Waals surface area contributed by atoms with Gasteiger partial charge < -0.3 is 15.5 Å². The van der Waals surface area contributed by atoms with E-state index in [9.17, 15) is 4.79 Å². The van der Waals surface area contributed by atoms with Crippen LogP contribution in [0.3, 0.4) is 0 Å². The summed E-state index contributed by atoms with van der Waals surface area (Å²) in [7, 11) is 2.20. The van der Waals surface area contributed by atoms with E-state index in [0.29, 0.717) is 12.5 Å². The van der Waals surface area contributed by atoms with Crippen molar-refractivity contribution >= 4 is 21.8 Å². The first-order valence-electron chi connectivity index (χ1n) is 9.66. The molecular weight excluding hydrogens is 392 g/mol. The van der Waals surface area contributed by atoms with Gasteiger partial charge in [0.2, 0.25) is 5.91 Å². The molecule has 0 spiro atoms. The van der Waals surface area contributed by atoms with Crippen LogP contribution in [-0.2, 0) is 11.2 Å². The van der Waals surface area contributed by atoms with Crippen molar-refractivity contribution in [2.45, 2.75) is 38.3 Å². The minimum atomic E-state index is -0.453. The fourth-order valence-electron chi connectivity index (χ4n) is 4.08. The van der Waals surface area contributed by atoms with Crippen LogP contribution < -0.4 is 5.73 Å². The van der Waals surface area contributed by atoms with Crippen LogP contribution >= 0.6 is 15.9 Å². The molecule has 2 heterocycles. The maximum Gasteiger partial charge on any atom is 0.239 e. The third kappa shape index (κ3) is 4.85. The molecule has 0 aromatic heterocycles. The fourth-order valence-corrected chi connectivity index (χ4v) is 4.32. The molecule has 2 aliphatic rings. The summed E-state index contributed by atoms with van der Waals surface area (Å²) >= 11 is 3.51. The largest absolute Gasteiger partial charge is 0.339 e. The molecule has 2 saturated heterocycles. The van der Waals surface area contributed by atoms with Gasteiger partial charge in [0, 0.05) is 36.7 Å². The molecule has 6 heteroatoms. The zero-order valence-corrected chi connectivity index (χ0v) is 17.5. The number of carbonyl (C=O) groups excluding carboxylic acids is 1. The summed E-state index contributed by atoms with van der Waals surface area (Å²) in [5.41, 5.74) is 8.54. The summed E-state index contributed by atoms with van der Waals surface area (Å²) in [5, 5.41) is 0. The number of piperazine rings is 1. The van der Waals surface area contributed by atoms with E-state index in [1.165, 1.54) is 31.5 Å². The second-order valence-corrected chi connectivity index (χ2v) is 8.64. The number of nitrogens with zero attached hydrogens (tertiary/aromatic N) is 3. The van der Waals surface area contributed by atoms with Crippen molar-refractivity contribution in [1.29, 1.82) is 0 Å². The Bertz CT molecular complexity index is 622. The van der Waals surface area contributed by atoms with Crippen LogP contribution in [-0.4, -0.2) is 79.0 Å². The van der Waals surface area contributed by atoms with Crippen LogP contribution in [0.15, 0.2) is 22.7 Å². The van der Waals surface area contributed by atoms with Gasteiger partial charge >= 0.3 is 0 Å². The predicted molar refractivity (Wildman–Crippen MR) is 109 cm³/mol. The Morgan fingerprint density at radius 3 is 2.46 bits per heavy atom. The van der Waals surface area contributed by atoms with Gasteiger partial charge in [-0.3, -0.25) is 9.69 Å². The van der Waals surface area contributed by atoms with E-state index in [1.54, 1.807) is 0 Å². The Kier molecular flexibility index (Phi) is 6.72. The molecule has 3 rings (SSSR count). The van der Waals surface area contributed by atoms with E-state index in [4.69, 9.17) is 5.73 Å². The second kappa shape index (κ2) is 8.83. The monoisotopic (exact) mass is 422 g/mol. The average molecular weight is 423 g/mol. The highest BCUT2D eigenvalue weighted by Crippen LogP contribution is 2.19. The Morgan fingerprint density at radius 2 is 1.85 bits per heavy atom. The molecule has 5 nitrogen and oxygen atoms in total. The van der Waals surface area contributed by atoms with Crippen LogP contribution in [0.1, 0.15) is 24.0 Å². The van der Waals surface area contributed by atoms with Crippen molar-refractivity contribution in [1.82, 2.24) is 14.7 Å². The summed E-state index contributed by atoms with van der Waals surface area (Å²) in [6, 6.07) is 6.41. The lowest BCUT2D eigenvalue weighted by Crippen LogP contribution is -2.56. The number of likely N-dealkylation sites (tertiary alicyclic amines) is 1. The number of halogens is 1. The quantitative estimate of drug-likeness (QED) is 0.804. The summed E-state index contributed by atoms with van der Waals surface area (Å²) in [5.74, 6) is 0.0913. The van der Waals surface area contributed by atoms with Crippen LogP contribution in [0.5, 0.6) is 0 Å². The molecule has 0 saturated carbocycles. The van der Waals surface area contributed by atoms with Gasteiger partial charge in [0.15, 0.2) is 0 Å². The highest BCUT2D eigenvalue weighted by Gasteiger charge is 2.29. The zero-order valence-electron chi connectivity index (χ0n) is 16.0. The lowest BCUT2D eigenvalue weighted by atomic mass is 10.0. The molecule has 2 N–H and O–H groups in total. The lowest BCUT2D eigenvalue weighted by molar-refractivity contribution is -0.134. The van der Waals surface area contributed by atoms with Gasteiger partial charge in [-0.15, -0.1) is 0 Å². The van der Waals surface area contributed by atoms with Gasteiger partial charge in [-0.25, -0.2) is 0 Å². The summed E-state index contributed by atoms with van der Waals surface area (Å²) in [4.78, 5) is 19.7. The van der Waals surface area contributed by atoms with E-state index in [2.05, 4.69) is 45.8 Å². The Labute approximate surface area is 165 Å². The highest BCUT2D eigenvalue weighted by atomic mass is 79.9. The smallest absolute Gasteiger partial charge is 0.239 e. The first kappa shape index (κ1) is 19.8. The normalized spacial score (nSPS) is 21.8. The number of amides is 1. The third-order valence-electron chi connectivity index (χ3n) is 5.83. The van der Waals surface area contributed by atoms with Crippen LogP contribution in [0.4, 0.5) is 0 Å². The van der Waals surface area contributed by atoms with Crippen molar-refractivity contribution in [2.75, 3.05) is 46.3 Å². The number of piperidine rings is 1. The van der Waals surface area contributed by atoms with Crippen molar-refractivity contribution in [2.24, 2.45) is 5.73 Å². The molecule has 1 amide bonds. The van der Waals surface area contributed by atoms with Gasteiger partial charge in [0.25, 0.3) is 0 Å². The van der Waals surface area contributed by atoms with E-state index >= 15 is 0 Å². The van der Waals surface area contributed by atoms with E-state index in [1.807, 2.05) is 17.0 Å². The number of benzene rings is 1. The summed E-state index contributed by atoms with van der Waals surface area (Å²) in [6.45, 7) is 7.98. The molecule has 144 valence electrons. The molecule has 1 aromatic carbocycles. The minimum Gasteiger partial charge on any atom is -0.339 e. The molecule has 2 fully saturated rings. The molecule has 1 atom stereocenters. The van der Waals surface area contributed by atoms with Gasteiger partial charge in [-0.2, -0.15) is 0 Å². The molecule has 1 unspecified atom stereocenters. The molecular formula is C20H31BrN4O. The van der Waals surface area contributed by atoms with Gasteiger partial charge in [0.1, 0.15) is 0 Å². The number of nitrogens with two attached hydrogens (primary N) is 1. The van der Waals surface area contributed by atoms with Crippen molar-refractivity contribution in [3.05, 3.63) is 33.8 Å². The first-order chi connectivity index (χ1) is 12.4. The maximum atomic E-state index is 12.7. The maximum absolute atomic E-state index is 12.7. The molecule has 26 heavy (non-hydrogen) atoms. The SMILES string of the molecule is Cc1cc(CC(N)C(=O)N2CCN(C3CCN(C)CC3)CC2)ccc1Br. The topological polar surface area (TPSA) is 52.8 Å². The number of aryl methyl sites for hydroxylation is 1. The minimum absolute atomic E-state index is 0.0913. The van der Waals surface area contributed by atoms with Crippen LogP contribution in [0, 0.1) is 6.92 Å². The first-order valence-corrected chi connectivity index (χ1v) is 10.5. The van der Waals surface area contributed by atoms with Gasteiger partial charge in [0.05, 0.1) is 6.04 Å². The Morgan fingerprint density at radius 1 is 1.19 bits per heavy atom. The number of carbonyl (C=O) groups is 1. The molecule has 0 aliphatic carbocycles. The van der Waals surface area contributed by atoms with Crippen molar-refractivity contribution in [3.63, 3.8) is 0 Å². The van der Waals surface area contributed by atoms with E-state index < -0.39 is 6.04 Å². The number of rotatable bonds is 4. The summed E-state index contributed by atoms with van der Waals surface area (Å²) < 4.78 is 1.09. The average Bonchev–Trinajstić information content (AvgIpc) is 2.65. The molecule has 0 radical (unpaired) electrons. The van der Waals surface area contributed by atoms with Gasteiger partial charge in [-0.1, -0.05) is 28.1 Å². The van der Waals surface area contributed by atoms with Crippen LogP contribution in [0.2, 0.25) is 0 Å². The second-order valence-electron chi connectivity index (χ2n) is 7.79. The third-order valence-corrected chi connectivity index (χ3v) is 6.72. The van der Waals surface area contributed by atoms with Crippen molar-refractivity contribution in [3.8, 4) is 0 Å².